The summed E-state index contributed by atoms with van der Waals surface area (Å²) in [6.45, 7) is 3.74. The summed E-state index contributed by atoms with van der Waals surface area (Å²) >= 11 is 0. The SMILES string of the molecule is CC1=C(C(=O)N2CCOCC2)C(c2cccc([N+](=O)[O-])c2)C2=C(CCCC2=O)N1. The van der Waals surface area contributed by atoms with Gasteiger partial charge in [0.25, 0.3) is 11.6 Å². The normalized spacial score (nSPS) is 22.3. The van der Waals surface area contributed by atoms with Gasteiger partial charge >= 0.3 is 0 Å². The number of ether oxygens (including phenoxy) is 1. The number of hydrogen-bond acceptors (Lipinski definition) is 6. The van der Waals surface area contributed by atoms with Crippen molar-refractivity contribution in [3.63, 3.8) is 0 Å². The maximum atomic E-state index is 13.5. The molecule has 1 fully saturated rings. The number of rotatable bonds is 3. The van der Waals surface area contributed by atoms with E-state index in [1.807, 2.05) is 6.92 Å². The van der Waals surface area contributed by atoms with Crippen LogP contribution in [0.15, 0.2) is 46.8 Å². The van der Waals surface area contributed by atoms with Crippen LogP contribution in [0.4, 0.5) is 5.69 Å². The van der Waals surface area contributed by atoms with Crippen molar-refractivity contribution in [2.75, 3.05) is 26.3 Å². The van der Waals surface area contributed by atoms with Gasteiger partial charge in [-0.1, -0.05) is 12.1 Å². The number of dihydropyridines is 1. The second-order valence-corrected chi connectivity index (χ2v) is 7.52. The molecule has 1 aromatic carbocycles. The number of carbonyl (C=O) groups excluding carboxylic acids is 2. The average molecular weight is 397 g/mol. The molecule has 0 spiro atoms. The van der Waals surface area contributed by atoms with Gasteiger partial charge in [0, 0.05) is 60.1 Å². The van der Waals surface area contributed by atoms with Crippen molar-refractivity contribution >= 4 is 17.4 Å². The zero-order valence-corrected chi connectivity index (χ0v) is 16.3. The number of benzene rings is 1. The van der Waals surface area contributed by atoms with Gasteiger partial charge in [-0.2, -0.15) is 0 Å². The highest BCUT2D eigenvalue weighted by molar-refractivity contribution is 6.05. The predicted molar refractivity (Wildman–Crippen MR) is 105 cm³/mol. The van der Waals surface area contributed by atoms with Gasteiger partial charge in [0.05, 0.1) is 18.1 Å². The molecule has 8 nitrogen and oxygen atoms in total. The van der Waals surface area contributed by atoms with Gasteiger partial charge in [-0.15, -0.1) is 0 Å². The molecular formula is C21H23N3O5. The highest BCUT2D eigenvalue weighted by Crippen LogP contribution is 2.43. The minimum Gasteiger partial charge on any atom is -0.378 e. The van der Waals surface area contributed by atoms with Crippen molar-refractivity contribution in [1.29, 1.82) is 0 Å². The maximum Gasteiger partial charge on any atom is 0.269 e. The summed E-state index contributed by atoms with van der Waals surface area (Å²) in [5, 5.41) is 14.6. The number of nitrogens with zero attached hydrogens (tertiary/aromatic N) is 2. The number of carbonyl (C=O) groups is 2. The second kappa shape index (κ2) is 7.79. The number of amides is 1. The first-order valence-corrected chi connectivity index (χ1v) is 9.82. The van der Waals surface area contributed by atoms with E-state index in [-0.39, 0.29) is 17.4 Å². The van der Waals surface area contributed by atoms with Crippen LogP contribution in [0.1, 0.15) is 37.7 Å². The summed E-state index contributed by atoms with van der Waals surface area (Å²) in [7, 11) is 0. The van der Waals surface area contributed by atoms with Crippen molar-refractivity contribution in [2.45, 2.75) is 32.1 Å². The Morgan fingerprint density at radius 1 is 1.28 bits per heavy atom. The van der Waals surface area contributed by atoms with Crippen molar-refractivity contribution in [3.05, 3.63) is 62.5 Å². The first kappa shape index (κ1) is 19.3. The smallest absolute Gasteiger partial charge is 0.269 e. The summed E-state index contributed by atoms with van der Waals surface area (Å²) in [5.74, 6) is -0.760. The molecule has 8 heteroatoms. The molecule has 2 aliphatic heterocycles. The molecule has 1 saturated heterocycles. The Hall–Kier alpha value is -3.00. The molecule has 0 saturated carbocycles. The average Bonchev–Trinajstić information content (AvgIpc) is 2.73. The molecular weight excluding hydrogens is 374 g/mol. The van der Waals surface area contributed by atoms with E-state index < -0.39 is 10.8 Å². The summed E-state index contributed by atoms with van der Waals surface area (Å²) in [4.78, 5) is 38.9. The first-order valence-electron chi connectivity index (χ1n) is 9.82. The molecule has 2 heterocycles. The number of nitrogens with one attached hydrogen (secondary N) is 1. The van der Waals surface area contributed by atoms with E-state index in [1.54, 1.807) is 17.0 Å². The number of allylic oxidation sites excluding steroid dienone is 3. The number of morpholine rings is 1. The topological polar surface area (TPSA) is 102 Å². The van der Waals surface area contributed by atoms with E-state index in [0.29, 0.717) is 55.1 Å². The van der Waals surface area contributed by atoms with Crippen LogP contribution in [0, 0.1) is 10.1 Å². The maximum absolute atomic E-state index is 13.5. The van der Waals surface area contributed by atoms with Crippen LogP contribution in [0.5, 0.6) is 0 Å². The number of ketones is 1. The van der Waals surface area contributed by atoms with Crippen LogP contribution in [-0.4, -0.2) is 47.8 Å². The third kappa shape index (κ3) is 3.55. The Morgan fingerprint density at radius 2 is 2.03 bits per heavy atom. The Labute approximate surface area is 168 Å². The predicted octanol–water partition coefficient (Wildman–Crippen LogP) is 2.42. The summed E-state index contributed by atoms with van der Waals surface area (Å²) in [6, 6.07) is 6.26. The van der Waals surface area contributed by atoms with Crippen molar-refractivity contribution in [2.24, 2.45) is 0 Å². The molecule has 0 bridgehead atoms. The van der Waals surface area contributed by atoms with E-state index in [2.05, 4.69) is 5.32 Å². The van der Waals surface area contributed by atoms with Gasteiger partial charge < -0.3 is 15.0 Å². The number of Topliss-reactive ketones (excluding diaryl/α,β-unsaturated/α-hetero) is 1. The molecule has 29 heavy (non-hydrogen) atoms. The zero-order valence-electron chi connectivity index (χ0n) is 16.3. The van der Waals surface area contributed by atoms with E-state index in [4.69, 9.17) is 4.74 Å². The first-order chi connectivity index (χ1) is 14.0. The fourth-order valence-corrected chi connectivity index (χ4v) is 4.35. The Balaban J connectivity index is 1.84. The summed E-state index contributed by atoms with van der Waals surface area (Å²) in [6.07, 6.45) is 1.90. The fraction of sp³-hybridized carbons (Fsp3) is 0.429. The molecule has 1 amide bonds. The third-order valence-electron chi connectivity index (χ3n) is 5.72. The summed E-state index contributed by atoms with van der Waals surface area (Å²) < 4.78 is 5.36. The number of non-ortho nitro benzene ring substituents is 1. The van der Waals surface area contributed by atoms with Crippen LogP contribution < -0.4 is 5.32 Å². The van der Waals surface area contributed by atoms with Gasteiger partial charge in [-0.05, 0) is 25.3 Å². The Bertz CT molecular complexity index is 943. The van der Waals surface area contributed by atoms with Gasteiger partial charge in [0.1, 0.15) is 0 Å². The highest BCUT2D eigenvalue weighted by atomic mass is 16.6. The van der Waals surface area contributed by atoms with Crippen LogP contribution >= 0.6 is 0 Å². The monoisotopic (exact) mass is 397 g/mol. The largest absolute Gasteiger partial charge is 0.378 e. The van der Waals surface area contributed by atoms with E-state index >= 15 is 0 Å². The van der Waals surface area contributed by atoms with Crippen LogP contribution in [0.2, 0.25) is 0 Å². The molecule has 0 aromatic heterocycles. The van der Waals surface area contributed by atoms with E-state index in [0.717, 1.165) is 18.5 Å². The molecule has 1 N–H and O–H groups in total. The Morgan fingerprint density at radius 3 is 2.76 bits per heavy atom. The lowest BCUT2D eigenvalue weighted by atomic mass is 9.74. The Kier molecular flexibility index (Phi) is 5.19. The number of nitro groups is 1. The van der Waals surface area contributed by atoms with Gasteiger partial charge in [0.15, 0.2) is 5.78 Å². The lowest BCUT2D eigenvalue weighted by Crippen LogP contribution is -2.44. The second-order valence-electron chi connectivity index (χ2n) is 7.52. The quantitative estimate of drug-likeness (QED) is 0.621. The molecule has 4 rings (SSSR count). The lowest BCUT2D eigenvalue weighted by molar-refractivity contribution is -0.384. The molecule has 1 atom stereocenters. The summed E-state index contributed by atoms with van der Waals surface area (Å²) in [5.41, 5.74) is 3.13. The van der Waals surface area contributed by atoms with Crippen LogP contribution in [0.25, 0.3) is 0 Å². The zero-order chi connectivity index (χ0) is 20.5. The fourth-order valence-electron chi connectivity index (χ4n) is 4.35. The van der Waals surface area contributed by atoms with Crippen LogP contribution in [0.3, 0.4) is 0 Å². The molecule has 1 aromatic rings. The van der Waals surface area contributed by atoms with E-state index in [1.165, 1.54) is 12.1 Å². The van der Waals surface area contributed by atoms with Crippen LogP contribution in [-0.2, 0) is 14.3 Å². The van der Waals surface area contributed by atoms with Gasteiger partial charge in [0.2, 0.25) is 0 Å². The minimum absolute atomic E-state index is 0.00460. The third-order valence-corrected chi connectivity index (χ3v) is 5.72. The number of hydrogen-bond donors (Lipinski definition) is 1. The molecule has 152 valence electrons. The minimum atomic E-state index is -0.603. The molecule has 1 aliphatic carbocycles. The van der Waals surface area contributed by atoms with Gasteiger partial charge in [-0.3, -0.25) is 19.7 Å². The molecule has 1 unspecified atom stereocenters. The van der Waals surface area contributed by atoms with Gasteiger partial charge in [-0.25, -0.2) is 0 Å². The standard InChI is InChI=1S/C21H23N3O5/c1-13-18(21(26)23-8-10-29-11-9-23)19(14-4-2-5-15(12-14)24(27)28)20-16(22-13)6-3-7-17(20)25/h2,4-5,12,19,22H,3,6-11H2,1H3. The molecule has 0 radical (unpaired) electrons. The van der Waals surface area contributed by atoms with Crippen molar-refractivity contribution in [3.8, 4) is 0 Å². The van der Waals surface area contributed by atoms with Crippen molar-refractivity contribution < 1.29 is 19.2 Å². The highest BCUT2D eigenvalue weighted by Gasteiger charge is 2.40. The lowest BCUT2D eigenvalue weighted by Gasteiger charge is -2.37. The molecule has 3 aliphatic rings. The van der Waals surface area contributed by atoms with Crippen molar-refractivity contribution in [1.82, 2.24) is 10.2 Å². The van der Waals surface area contributed by atoms with E-state index in [9.17, 15) is 19.7 Å². The number of nitro benzene ring substituents is 1.